The molecule has 0 atom stereocenters. The van der Waals surface area contributed by atoms with Crippen molar-refractivity contribution in [1.82, 2.24) is 14.1 Å². The van der Waals surface area contributed by atoms with E-state index < -0.39 is 29.7 Å². The summed E-state index contributed by atoms with van der Waals surface area (Å²) < 4.78 is 6.87. The third kappa shape index (κ3) is 4.30. The number of fused-ring (bicyclic) bond motifs is 1. The Morgan fingerprint density at radius 3 is 2.42 bits per heavy atom. The van der Waals surface area contributed by atoms with Crippen molar-refractivity contribution in [3.05, 3.63) is 68.0 Å². The van der Waals surface area contributed by atoms with Crippen molar-refractivity contribution in [3.63, 3.8) is 0 Å². The minimum atomic E-state index is -0.756. The molecule has 9 heteroatoms. The van der Waals surface area contributed by atoms with Gasteiger partial charge in [0.2, 0.25) is 5.91 Å². The first-order valence-electron chi connectivity index (χ1n) is 10.8. The van der Waals surface area contributed by atoms with Gasteiger partial charge in [0.1, 0.15) is 12.2 Å². The number of carbonyl (C=O) groups is 2. The number of rotatable bonds is 6. The molecule has 0 unspecified atom stereocenters. The molecule has 2 aromatic heterocycles. The zero-order chi connectivity index (χ0) is 23.9. The molecule has 1 aliphatic carbocycles. The lowest BCUT2D eigenvalue weighted by atomic mass is 10.0. The maximum atomic E-state index is 13.3. The second-order valence-electron chi connectivity index (χ2n) is 8.62. The van der Waals surface area contributed by atoms with Crippen molar-refractivity contribution >= 4 is 28.6 Å². The van der Waals surface area contributed by atoms with Crippen molar-refractivity contribution in [3.8, 4) is 0 Å². The zero-order valence-electron chi connectivity index (χ0n) is 19.0. The first-order chi connectivity index (χ1) is 15.7. The summed E-state index contributed by atoms with van der Waals surface area (Å²) in [5.74, 6) is -0.676. The second-order valence-corrected chi connectivity index (χ2v) is 8.62. The summed E-state index contributed by atoms with van der Waals surface area (Å²) in [5, 5.41) is 2.67. The molecule has 0 radical (unpaired) electrons. The van der Waals surface area contributed by atoms with Gasteiger partial charge in [0.25, 0.3) is 5.56 Å². The van der Waals surface area contributed by atoms with E-state index in [2.05, 4.69) is 24.1 Å². The molecule has 3 aromatic rings. The van der Waals surface area contributed by atoms with E-state index in [0.717, 1.165) is 23.0 Å². The highest BCUT2D eigenvalue weighted by Crippen LogP contribution is 2.39. The fourth-order valence-electron chi connectivity index (χ4n) is 3.79. The monoisotopic (exact) mass is 450 g/mol. The summed E-state index contributed by atoms with van der Waals surface area (Å²) in [7, 11) is 2.69. The summed E-state index contributed by atoms with van der Waals surface area (Å²) in [4.78, 5) is 55.8. The molecule has 9 nitrogen and oxygen atoms in total. The summed E-state index contributed by atoms with van der Waals surface area (Å²) in [6.45, 7) is 3.64. The van der Waals surface area contributed by atoms with Crippen LogP contribution in [0.2, 0.25) is 0 Å². The molecule has 1 aromatic carbocycles. The predicted molar refractivity (Wildman–Crippen MR) is 124 cm³/mol. The number of hydrogen-bond acceptors (Lipinski definition) is 6. The number of nitrogens with zero attached hydrogens (tertiary/aromatic N) is 3. The van der Waals surface area contributed by atoms with Gasteiger partial charge in [-0.3, -0.25) is 18.7 Å². The van der Waals surface area contributed by atoms with Crippen LogP contribution in [0.4, 0.5) is 5.69 Å². The van der Waals surface area contributed by atoms with Gasteiger partial charge in [-0.2, -0.15) is 0 Å². The number of aromatic nitrogens is 3. The molecule has 172 valence electrons. The Balaban J connectivity index is 1.74. The van der Waals surface area contributed by atoms with Crippen LogP contribution in [0.1, 0.15) is 60.1 Å². The van der Waals surface area contributed by atoms with Gasteiger partial charge in [-0.05, 0) is 42.5 Å². The molecule has 0 aliphatic heterocycles. The first-order valence-corrected chi connectivity index (χ1v) is 10.8. The summed E-state index contributed by atoms with van der Waals surface area (Å²) >= 11 is 0. The molecular formula is C24H26N4O5. The van der Waals surface area contributed by atoms with E-state index >= 15 is 0 Å². The normalized spacial score (nSPS) is 13.4. The molecule has 1 N–H and O–H groups in total. The number of aryl methyl sites for hydroxylation is 1. The minimum absolute atomic E-state index is 0.0394. The Morgan fingerprint density at radius 1 is 1.18 bits per heavy atom. The third-order valence-corrected chi connectivity index (χ3v) is 5.88. The Bertz CT molecular complexity index is 1360. The van der Waals surface area contributed by atoms with Crippen LogP contribution >= 0.6 is 0 Å². The highest BCUT2D eigenvalue weighted by atomic mass is 16.5. The number of hydrogen-bond donors (Lipinski definition) is 1. The van der Waals surface area contributed by atoms with Gasteiger partial charge in [-0.25, -0.2) is 14.6 Å². The molecule has 1 saturated carbocycles. The molecule has 1 amide bonds. The van der Waals surface area contributed by atoms with Crippen LogP contribution < -0.4 is 16.6 Å². The first kappa shape index (κ1) is 22.4. The van der Waals surface area contributed by atoms with E-state index in [1.807, 2.05) is 12.1 Å². The standard InChI is InChI=1S/C24H26N4O5/c1-13(2)14-7-9-16(10-8-14)25-19(29)12-28-22(30)20-17(23(31)33-4)11-18(15-5-6-15)26-21(20)27(3)24(28)32/h7-11,13,15H,5-6,12H2,1-4H3,(H,25,29). The Labute approximate surface area is 190 Å². The summed E-state index contributed by atoms with van der Waals surface area (Å²) in [6.07, 6.45) is 1.87. The molecular weight excluding hydrogens is 424 g/mol. The largest absolute Gasteiger partial charge is 0.465 e. The van der Waals surface area contributed by atoms with Crippen molar-refractivity contribution < 1.29 is 14.3 Å². The minimum Gasteiger partial charge on any atom is -0.465 e. The number of anilines is 1. The Kier molecular flexibility index (Phi) is 5.88. The van der Waals surface area contributed by atoms with Crippen molar-refractivity contribution in [2.24, 2.45) is 7.05 Å². The van der Waals surface area contributed by atoms with Gasteiger partial charge >= 0.3 is 11.7 Å². The van der Waals surface area contributed by atoms with Gasteiger partial charge < -0.3 is 10.1 Å². The maximum Gasteiger partial charge on any atom is 0.338 e. The SMILES string of the molecule is COC(=O)c1cc(C2CC2)nc2c1c(=O)n(CC(=O)Nc1ccc(C(C)C)cc1)c(=O)n2C. The fraction of sp³-hybridized carbons (Fsp3) is 0.375. The molecule has 1 fully saturated rings. The van der Waals surface area contributed by atoms with Crippen LogP contribution in [-0.2, 0) is 23.1 Å². The summed E-state index contributed by atoms with van der Waals surface area (Å²) in [6, 6.07) is 8.92. The molecule has 0 spiro atoms. The molecule has 0 bridgehead atoms. The molecule has 1 aliphatic rings. The van der Waals surface area contributed by atoms with Crippen LogP contribution in [-0.4, -0.2) is 33.1 Å². The average molecular weight is 450 g/mol. The van der Waals surface area contributed by atoms with E-state index in [1.165, 1.54) is 18.7 Å². The van der Waals surface area contributed by atoms with E-state index in [0.29, 0.717) is 17.3 Å². The number of amides is 1. The van der Waals surface area contributed by atoms with Crippen LogP contribution in [0.5, 0.6) is 0 Å². The second kappa shape index (κ2) is 8.65. The van der Waals surface area contributed by atoms with Crippen LogP contribution in [0.3, 0.4) is 0 Å². The highest BCUT2D eigenvalue weighted by Gasteiger charge is 2.29. The van der Waals surface area contributed by atoms with Crippen molar-refractivity contribution in [1.29, 1.82) is 0 Å². The van der Waals surface area contributed by atoms with Gasteiger partial charge in [0.05, 0.1) is 18.1 Å². The Hall–Kier alpha value is -3.75. The number of nitrogens with one attached hydrogen (secondary N) is 1. The highest BCUT2D eigenvalue weighted by molar-refractivity contribution is 6.02. The number of carbonyl (C=O) groups excluding carboxylic acids is 2. The predicted octanol–water partition coefficient (Wildman–Crippen LogP) is 2.52. The van der Waals surface area contributed by atoms with Gasteiger partial charge in [0.15, 0.2) is 0 Å². The van der Waals surface area contributed by atoms with E-state index in [9.17, 15) is 19.2 Å². The fourth-order valence-corrected chi connectivity index (χ4v) is 3.79. The lowest BCUT2D eigenvalue weighted by molar-refractivity contribution is -0.116. The van der Waals surface area contributed by atoms with Gasteiger partial charge in [0, 0.05) is 24.3 Å². The molecule has 0 saturated heterocycles. The van der Waals surface area contributed by atoms with E-state index in [4.69, 9.17) is 4.74 Å². The van der Waals surface area contributed by atoms with Crippen LogP contribution in [0, 0.1) is 0 Å². The number of methoxy groups -OCH3 is 1. The number of pyridine rings is 1. The van der Waals surface area contributed by atoms with Crippen molar-refractivity contribution in [2.75, 3.05) is 12.4 Å². The van der Waals surface area contributed by atoms with E-state index in [-0.39, 0.29) is 22.5 Å². The third-order valence-electron chi connectivity index (χ3n) is 5.88. The average Bonchev–Trinajstić information content (AvgIpc) is 3.65. The quantitative estimate of drug-likeness (QED) is 0.578. The smallest absolute Gasteiger partial charge is 0.338 e. The maximum absolute atomic E-state index is 13.3. The zero-order valence-corrected chi connectivity index (χ0v) is 19.0. The number of esters is 1. The molecule has 33 heavy (non-hydrogen) atoms. The number of benzene rings is 1. The molecule has 2 heterocycles. The van der Waals surface area contributed by atoms with Crippen LogP contribution in [0.15, 0.2) is 39.9 Å². The lowest BCUT2D eigenvalue weighted by Gasteiger charge is -2.14. The molecule has 4 rings (SSSR count). The van der Waals surface area contributed by atoms with E-state index in [1.54, 1.807) is 18.2 Å². The van der Waals surface area contributed by atoms with Gasteiger partial charge in [-0.1, -0.05) is 26.0 Å². The van der Waals surface area contributed by atoms with Crippen molar-refractivity contribution in [2.45, 2.75) is 45.1 Å². The Morgan fingerprint density at radius 2 is 1.85 bits per heavy atom. The van der Waals surface area contributed by atoms with Crippen LogP contribution in [0.25, 0.3) is 11.0 Å². The van der Waals surface area contributed by atoms with Gasteiger partial charge in [-0.15, -0.1) is 0 Å². The summed E-state index contributed by atoms with van der Waals surface area (Å²) in [5.41, 5.74) is 1.04. The topological polar surface area (TPSA) is 112 Å². The lowest BCUT2D eigenvalue weighted by Crippen LogP contribution is -2.42. The number of ether oxygens (including phenoxy) is 1.